The molecule has 1 heterocycles. The van der Waals surface area contributed by atoms with Crippen LogP contribution in [-0.2, 0) is 0 Å². The van der Waals surface area contributed by atoms with Crippen LogP contribution in [0.5, 0.6) is 17.2 Å². The highest BCUT2D eigenvalue weighted by Gasteiger charge is 2.20. The molecule has 6 nitrogen and oxygen atoms in total. The number of hydrogen-bond donors (Lipinski definition) is 4. The summed E-state index contributed by atoms with van der Waals surface area (Å²) in [4.78, 5) is 0. The monoisotopic (exact) mass is 242 g/mol. The summed E-state index contributed by atoms with van der Waals surface area (Å²) < 4.78 is 4.78. The van der Waals surface area contributed by atoms with Crippen LogP contribution in [-0.4, -0.2) is 20.5 Å². The lowest BCUT2D eigenvalue weighted by molar-refractivity contribution is 0.392. The van der Waals surface area contributed by atoms with E-state index in [0.717, 1.165) is 6.07 Å². The lowest BCUT2D eigenvalue weighted by Gasteiger charge is -2.07. The van der Waals surface area contributed by atoms with E-state index >= 15 is 0 Å². The topological polar surface area (TPSA) is 113 Å². The van der Waals surface area contributed by atoms with Crippen LogP contribution in [0.15, 0.2) is 16.7 Å². The molecule has 1 aromatic heterocycles. The van der Waals surface area contributed by atoms with Crippen molar-refractivity contribution in [1.82, 2.24) is 5.16 Å². The van der Waals surface area contributed by atoms with Gasteiger partial charge in [-0.05, 0) is 0 Å². The highest BCUT2D eigenvalue weighted by molar-refractivity contribution is 6.35. The van der Waals surface area contributed by atoms with Crippen LogP contribution in [0.1, 0.15) is 0 Å². The molecule has 16 heavy (non-hydrogen) atoms. The molecule has 1 aromatic carbocycles. The van der Waals surface area contributed by atoms with Gasteiger partial charge in [-0.25, -0.2) is 0 Å². The van der Waals surface area contributed by atoms with Gasteiger partial charge in [0.25, 0.3) is 0 Å². The molecule has 2 aromatic rings. The quantitative estimate of drug-likeness (QED) is 0.447. The molecule has 7 heteroatoms. The number of hydrogen-bond acceptors (Lipinski definition) is 6. The number of rotatable bonds is 1. The second-order valence-electron chi connectivity index (χ2n) is 3.07. The Balaban J connectivity index is 2.73. The van der Waals surface area contributed by atoms with Crippen molar-refractivity contribution in [2.24, 2.45) is 0 Å². The summed E-state index contributed by atoms with van der Waals surface area (Å²) in [6.07, 6.45) is 0. The Morgan fingerprint density at radius 2 is 1.88 bits per heavy atom. The first-order chi connectivity index (χ1) is 7.50. The molecule has 0 spiro atoms. The van der Waals surface area contributed by atoms with E-state index in [4.69, 9.17) is 21.9 Å². The third kappa shape index (κ3) is 1.49. The molecular formula is C9H7ClN2O4. The Bertz CT molecular complexity index is 526. The average molecular weight is 243 g/mol. The highest BCUT2D eigenvalue weighted by Crippen LogP contribution is 2.46. The molecule has 0 bridgehead atoms. The first-order valence-electron chi connectivity index (χ1n) is 4.16. The first kappa shape index (κ1) is 10.4. The lowest BCUT2D eigenvalue weighted by Crippen LogP contribution is -1.82. The van der Waals surface area contributed by atoms with Crippen molar-refractivity contribution in [3.63, 3.8) is 0 Å². The molecule has 84 valence electrons. The molecule has 0 aliphatic heterocycles. The zero-order chi connectivity index (χ0) is 11.9. The second-order valence-corrected chi connectivity index (χ2v) is 3.45. The van der Waals surface area contributed by atoms with Gasteiger partial charge in [-0.3, -0.25) is 0 Å². The molecule has 0 atom stereocenters. The van der Waals surface area contributed by atoms with Crippen molar-refractivity contribution in [3.8, 4) is 28.6 Å². The summed E-state index contributed by atoms with van der Waals surface area (Å²) in [5.74, 6) is -1.28. The molecule has 0 aliphatic carbocycles. The summed E-state index contributed by atoms with van der Waals surface area (Å²) in [5.41, 5.74) is 5.27. The van der Waals surface area contributed by atoms with E-state index in [0.29, 0.717) is 0 Å². The minimum Gasteiger partial charge on any atom is -0.506 e. The Morgan fingerprint density at radius 3 is 2.44 bits per heavy atom. The largest absolute Gasteiger partial charge is 0.506 e. The fraction of sp³-hybridized carbons (Fsp3) is 0. The van der Waals surface area contributed by atoms with Crippen LogP contribution in [0.2, 0.25) is 5.02 Å². The van der Waals surface area contributed by atoms with Gasteiger partial charge in [0.05, 0.1) is 10.6 Å². The number of phenolic OH excluding ortho intramolecular Hbond substituents is 3. The molecule has 0 saturated carbocycles. The maximum Gasteiger partial charge on any atom is 0.174 e. The summed E-state index contributed by atoms with van der Waals surface area (Å²) >= 11 is 5.76. The zero-order valence-corrected chi connectivity index (χ0v) is 8.56. The molecule has 0 amide bonds. The minimum absolute atomic E-state index is 0.0474. The SMILES string of the molecule is Nc1cc(-c2c(O)c(O)cc(O)c2Cl)on1. The third-order valence-corrected chi connectivity index (χ3v) is 2.35. The van der Waals surface area contributed by atoms with Crippen molar-refractivity contribution >= 4 is 17.4 Å². The average Bonchev–Trinajstić information content (AvgIpc) is 2.62. The number of benzene rings is 1. The van der Waals surface area contributed by atoms with Crippen molar-refractivity contribution < 1.29 is 19.8 Å². The standard InChI is InChI=1S/C9H7ClN2O4/c10-8-3(13)1-4(14)9(15)7(8)5-2-6(11)12-16-5/h1-2,13-15H,(H2,11,12). The number of nitrogen functional groups attached to an aromatic ring is 1. The predicted octanol–water partition coefficient (Wildman–Crippen LogP) is 1.69. The fourth-order valence-corrected chi connectivity index (χ4v) is 1.49. The van der Waals surface area contributed by atoms with Crippen LogP contribution >= 0.6 is 11.6 Å². The number of phenols is 3. The van der Waals surface area contributed by atoms with E-state index in [1.54, 1.807) is 0 Å². The van der Waals surface area contributed by atoms with Gasteiger partial charge in [0.1, 0.15) is 5.75 Å². The summed E-state index contributed by atoms with van der Waals surface area (Å²) in [6, 6.07) is 2.22. The first-order valence-corrected chi connectivity index (χ1v) is 4.54. The summed E-state index contributed by atoms with van der Waals surface area (Å²) in [7, 11) is 0. The Kier molecular flexibility index (Phi) is 2.28. The molecule has 0 radical (unpaired) electrons. The van der Waals surface area contributed by atoms with Gasteiger partial charge < -0.3 is 25.6 Å². The van der Waals surface area contributed by atoms with Gasteiger partial charge in [-0.1, -0.05) is 16.8 Å². The van der Waals surface area contributed by atoms with Crippen molar-refractivity contribution in [1.29, 1.82) is 0 Å². The molecule has 2 rings (SSSR count). The van der Waals surface area contributed by atoms with Crippen LogP contribution in [0.25, 0.3) is 11.3 Å². The number of halogens is 1. The smallest absolute Gasteiger partial charge is 0.174 e. The van der Waals surface area contributed by atoms with E-state index in [1.807, 2.05) is 0 Å². The zero-order valence-electron chi connectivity index (χ0n) is 7.81. The number of nitrogens with two attached hydrogens (primary N) is 1. The third-order valence-electron chi connectivity index (χ3n) is 1.97. The van der Waals surface area contributed by atoms with Crippen molar-refractivity contribution in [2.75, 3.05) is 5.73 Å². The van der Waals surface area contributed by atoms with E-state index in [9.17, 15) is 15.3 Å². The Labute approximate surface area is 94.5 Å². The van der Waals surface area contributed by atoms with Gasteiger partial charge >= 0.3 is 0 Å². The minimum atomic E-state index is -0.521. The van der Waals surface area contributed by atoms with Gasteiger partial charge in [0.15, 0.2) is 23.1 Å². The lowest BCUT2D eigenvalue weighted by atomic mass is 10.1. The van der Waals surface area contributed by atoms with Gasteiger partial charge in [-0.2, -0.15) is 0 Å². The van der Waals surface area contributed by atoms with E-state index in [1.165, 1.54) is 6.07 Å². The fourth-order valence-electron chi connectivity index (χ4n) is 1.25. The maximum absolute atomic E-state index is 9.59. The molecule has 0 saturated heterocycles. The Morgan fingerprint density at radius 1 is 1.19 bits per heavy atom. The molecule has 0 fully saturated rings. The van der Waals surface area contributed by atoms with Gasteiger partial charge in [0.2, 0.25) is 0 Å². The predicted molar refractivity (Wildman–Crippen MR) is 56.4 cm³/mol. The van der Waals surface area contributed by atoms with Crippen LogP contribution in [0.3, 0.4) is 0 Å². The number of aromatic hydroxyl groups is 3. The number of aromatic nitrogens is 1. The molecule has 0 unspecified atom stereocenters. The Hall–Kier alpha value is -2.08. The number of nitrogens with zero attached hydrogens (tertiary/aromatic N) is 1. The summed E-state index contributed by atoms with van der Waals surface area (Å²) in [5, 5.41) is 31.5. The van der Waals surface area contributed by atoms with Crippen LogP contribution in [0, 0.1) is 0 Å². The van der Waals surface area contributed by atoms with Gasteiger partial charge in [-0.15, -0.1) is 0 Å². The van der Waals surface area contributed by atoms with E-state index < -0.39 is 11.5 Å². The second kappa shape index (κ2) is 3.49. The normalized spacial score (nSPS) is 10.6. The number of anilines is 1. The maximum atomic E-state index is 9.59. The van der Waals surface area contributed by atoms with Gasteiger partial charge in [0, 0.05) is 12.1 Å². The van der Waals surface area contributed by atoms with Crippen molar-refractivity contribution in [3.05, 3.63) is 17.2 Å². The highest BCUT2D eigenvalue weighted by atomic mass is 35.5. The van der Waals surface area contributed by atoms with E-state index in [-0.39, 0.29) is 27.9 Å². The van der Waals surface area contributed by atoms with Crippen molar-refractivity contribution in [2.45, 2.75) is 0 Å². The molecule has 0 aliphatic rings. The van der Waals surface area contributed by atoms with E-state index in [2.05, 4.69) is 5.16 Å². The van der Waals surface area contributed by atoms with Crippen LogP contribution in [0.4, 0.5) is 5.82 Å². The summed E-state index contributed by atoms with van der Waals surface area (Å²) in [6.45, 7) is 0. The molecular weight excluding hydrogens is 236 g/mol. The van der Waals surface area contributed by atoms with Crippen LogP contribution < -0.4 is 5.73 Å². The molecule has 5 N–H and O–H groups in total.